The molecule has 2 rings (SSSR count). The Kier molecular flexibility index (Phi) is 4.11. The number of nitrogens with zero attached hydrogens (tertiary/aromatic N) is 1. The van der Waals surface area contributed by atoms with E-state index in [4.69, 9.17) is 11.6 Å². The van der Waals surface area contributed by atoms with Crippen LogP contribution in [0.25, 0.3) is 0 Å². The summed E-state index contributed by atoms with van der Waals surface area (Å²) in [4.78, 5) is 2.36. The maximum absolute atomic E-state index is 6.25. The van der Waals surface area contributed by atoms with Crippen molar-refractivity contribution in [2.45, 2.75) is 19.4 Å². The predicted molar refractivity (Wildman–Crippen MR) is 73.4 cm³/mol. The van der Waals surface area contributed by atoms with Gasteiger partial charge in [0.05, 0.1) is 10.7 Å². The molecule has 0 saturated carbocycles. The molecule has 1 atom stereocenters. The number of benzene rings is 1. The Morgan fingerprint density at radius 3 is 3.12 bits per heavy atom. The maximum Gasteiger partial charge on any atom is 0.0640 e. The van der Waals surface area contributed by atoms with Gasteiger partial charge in [-0.15, -0.1) is 0 Å². The molecular formula is C12H16BrClN2. The van der Waals surface area contributed by atoms with Crippen molar-refractivity contribution in [2.24, 2.45) is 0 Å². The van der Waals surface area contributed by atoms with Gasteiger partial charge in [-0.25, -0.2) is 0 Å². The van der Waals surface area contributed by atoms with E-state index >= 15 is 0 Å². The zero-order valence-electron chi connectivity index (χ0n) is 9.34. The van der Waals surface area contributed by atoms with Crippen LogP contribution < -0.4 is 10.2 Å². The van der Waals surface area contributed by atoms with Crippen molar-refractivity contribution in [1.29, 1.82) is 0 Å². The Morgan fingerprint density at radius 1 is 1.50 bits per heavy atom. The van der Waals surface area contributed by atoms with Gasteiger partial charge in [-0.05, 0) is 38.1 Å². The van der Waals surface area contributed by atoms with Crippen molar-refractivity contribution in [3.05, 3.63) is 27.7 Å². The van der Waals surface area contributed by atoms with Gasteiger partial charge in [0.2, 0.25) is 0 Å². The molecule has 1 heterocycles. The monoisotopic (exact) mass is 302 g/mol. The maximum atomic E-state index is 6.25. The van der Waals surface area contributed by atoms with E-state index in [2.05, 4.69) is 39.1 Å². The molecular weight excluding hydrogens is 288 g/mol. The Hall–Kier alpha value is -0.250. The van der Waals surface area contributed by atoms with Gasteiger partial charge in [0.25, 0.3) is 0 Å². The number of hydrogen-bond acceptors (Lipinski definition) is 2. The van der Waals surface area contributed by atoms with Crippen molar-refractivity contribution < 1.29 is 0 Å². The third kappa shape index (κ3) is 2.90. The first-order chi connectivity index (χ1) is 7.66. The summed E-state index contributed by atoms with van der Waals surface area (Å²) in [7, 11) is 0. The second-order valence-corrected chi connectivity index (χ2v) is 5.57. The van der Waals surface area contributed by atoms with Crippen LogP contribution in [0.2, 0.25) is 5.02 Å². The summed E-state index contributed by atoms with van der Waals surface area (Å²) in [6.07, 6.45) is 1.16. The lowest BCUT2D eigenvalue weighted by Gasteiger charge is -2.26. The third-order valence-corrected chi connectivity index (χ3v) is 3.65. The first-order valence-electron chi connectivity index (χ1n) is 5.60. The van der Waals surface area contributed by atoms with Crippen molar-refractivity contribution in [2.75, 3.05) is 24.5 Å². The van der Waals surface area contributed by atoms with Crippen LogP contribution in [0.1, 0.15) is 13.3 Å². The highest BCUT2D eigenvalue weighted by Crippen LogP contribution is 2.29. The van der Waals surface area contributed by atoms with E-state index in [1.54, 1.807) is 0 Å². The van der Waals surface area contributed by atoms with E-state index < -0.39 is 0 Å². The van der Waals surface area contributed by atoms with Gasteiger partial charge < -0.3 is 10.2 Å². The normalized spacial score (nSPS) is 21.9. The van der Waals surface area contributed by atoms with Crippen molar-refractivity contribution in [3.8, 4) is 0 Å². The molecule has 1 aliphatic heterocycles. The van der Waals surface area contributed by atoms with E-state index in [9.17, 15) is 0 Å². The van der Waals surface area contributed by atoms with Gasteiger partial charge in [-0.2, -0.15) is 0 Å². The lowest BCUT2D eigenvalue weighted by molar-refractivity contribution is 0.585. The molecule has 1 aromatic carbocycles. The smallest absolute Gasteiger partial charge is 0.0640 e. The highest BCUT2D eigenvalue weighted by atomic mass is 79.9. The fourth-order valence-corrected chi connectivity index (χ4v) is 2.64. The summed E-state index contributed by atoms with van der Waals surface area (Å²) < 4.78 is 1.08. The first-order valence-corrected chi connectivity index (χ1v) is 6.77. The fourth-order valence-electron chi connectivity index (χ4n) is 2.05. The molecule has 1 aliphatic rings. The highest BCUT2D eigenvalue weighted by molar-refractivity contribution is 9.10. The molecule has 0 bridgehead atoms. The van der Waals surface area contributed by atoms with Crippen LogP contribution >= 0.6 is 27.5 Å². The molecule has 0 aliphatic carbocycles. The standard InChI is InChI=1S/C12H16BrClN2/c1-9-8-16(6-2-5-15-9)12-7-10(13)3-4-11(12)14/h3-4,7,9,15H,2,5-6,8H2,1H3. The lowest BCUT2D eigenvalue weighted by Crippen LogP contribution is -2.35. The third-order valence-electron chi connectivity index (χ3n) is 2.84. The Bertz CT molecular complexity index is 370. The average molecular weight is 304 g/mol. The van der Waals surface area contributed by atoms with Gasteiger partial charge in [0, 0.05) is 23.6 Å². The SMILES string of the molecule is CC1CN(c2cc(Br)ccc2Cl)CCCN1. The summed E-state index contributed by atoms with van der Waals surface area (Å²) in [6, 6.07) is 6.54. The zero-order valence-corrected chi connectivity index (χ0v) is 11.7. The molecule has 1 fully saturated rings. The minimum absolute atomic E-state index is 0.512. The lowest BCUT2D eigenvalue weighted by atomic mass is 10.2. The van der Waals surface area contributed by atoms with Crippen LogP contribution in [0.15, 0.2) is 22.7 Å². The van der Waals surface area contributed by atoms with Crippen LogP contribution in [0, 0.1) is 0 Å². The number of anilines is 1. The number of hydrogen-bond donors (Lipinski definition) is 1. The van der Waals surface area contributed by atoms with Crippen LogP contribution in [-0.2, 0) is 0 Å². The van der Waals surface area contributed by atoms with E-state index in [0.29, 0.717) is 6.04 Å². The van der Waals surface area contributed by atoms with Crippen LogP contribution in [0.5, 0.6) is 0 Å². The largest absolute Gasteiger partial charge is 0.369 e. The molecule has 16 heavy (non-hydrogen) atoms. The number of halogens is 2. The predicted octanol–water partition coefficient (Wildman–Crippen LogP) is 3.29. The molecule has 1 saturated heterocycles. The van der Waals surface area contributed by atoms with E-state index in [0.717, 1.165) is 41.2 Å². The van der Waals surface area contributed by atoms with Gasteiger partial charge in [0.15, 0.2) is 0 Å². The molecule has 4 heteroatoms. The molecule has 2 nitrogen and oxygen atoms in total. The van der Waals surface area contributed by atoms with E-state index in [1.165, 1.54) is 0 Å². The molecule has 0 spiro atoms. The first kappa shape index (κ1) is 12.2. The summed E-state index contributed by atoms with van der Waals surface area (Å²) in [6.45, 7) is 5.37. The fraction of sp³-hybridized carbons (Fsp3) is 0.500. The topological polar surface area (TPSA) is 15.3 Å². The van der Waals surface area contributed by atoms with Gasteiger partial charge in [0.1, 0.15) is 0 Å². The second-order valence-electron chi connectivity index (χ2n) is 4.25. The van der Waals surface area contributed by atoms with E-state index in [1.807, 2.05) is 12.1 Å². The minimum Gasteiger partial charge on any atom is -0.369 e. The Labute approximate surface area is 110 Å². The average Bonchev–Trinajstić information content (AvgIpc) is 2.46. The molecule has 88 valence electrons. The van der Waals surface area contributed by atoms with Crippen LogP contribution in [-0.4, -0.2) is 25.7 Å². The zero-order chi connectivity index (χ0) is 11.5. The van der Waals surface area contributed by atoms with Gasteiger partial charge >= 0.3 is 0 Å². The molecule has 0 amide bonds. The Balaban J connectivity index is 2.24. The molecule has 0 radical (unpaired) electrons. The van der Waals surface area contributed by atoms with Crippen LogP contribution in [0.4, 0.5) is 5.69 Å². The number of nitrogens with one attached hydrogen (secondary N) is 1. The van der Waals surface area contributed by atoms with Gasteiger partial charge in [-0.3, -0.25) is 0 Å². The molecule has 1 aromatic rings. The second kappa shape index (κ2) is 5.39. The quantitative estimate of drug-likeness (QED) is 0.856. The van der Waals surface area contributed by atoms with Crippen molar-refractivity contribution in [1.82, 2.24) is 5.32 Å². The van der Waals surface area contributed by atoms with Gasteiger partial charge in [-0.1, -0.05) is 27.5 Å². The van der Waals surface area contributed by atoms with Crippen LogP contribution in [0.3, 0.4) is 0 Å². The summed E-state index contributed by atoms with van der Waals surface area (Å²) in [5.41, 5.74) is 1.13. The Morgan fingerprint density at radius 2 is 2.31 bits per heavy atom. The number of rotatable bonds is 1. The minimum atomic E-state index is 0.512. The highest BCUT2D eigenvalue weighted by Gasteiger charge is 2.16. The summed E-state index contributed by atoms with van der Waals surface area (Å²) >= 11 is 9.74. The molecule has 0 aromatic heterocycles. The summed E-state index contributed by atoms with van der Waals surface area (Å²) in [5.74, 6) is 0. The molecule has 1 unspecified atom stereocenters. The van der Waals surface area contributed by atoms with E-state index in [-0.39, 0.29) is 0 Å². The van der Waals surface area contributed by atoms with Crippen molar-refractivity contribution in [3.63, 3.8) is 0 Å². The van der Waals surface area contributed by atoms with Crippen molar-refractivity contribution >= 4 is 33.2 Å². The molecule has 1 N–H and O–H groups in total. The summed E-state index contributed by atoms with van der Waals surface area (Å²) in [5, 5.41) is 4.31.